The fourth-order valence-electron chi connectivity index (χ4n) is 5.72. The summed E-state index contributed by atoms with van der Waals surface area (Å²) in [4.78, 5) is 22.2. The van der Waals surface area contributed by atoms with Gasteiger partial charge in [0.2, 0.25) is 0 Å². The minimum atomic E-state index is -0.398. The van der Waals surface area contributed by atoms with Crippen LogP contribution >= 0.6 is 0 Å². The molecule has 0 aliphatic carbocycles. The van der Waals surface area contributed by atoms with Crippen LogP contribution in [0.4, 0.5) is 15.8 Å². The Hall–Kier alpha value is -4.40. The highest BCUT2D eigenvalue weighted by molar-refractivity contribution is 5.96. The average Bonchev–Trinajstić information content (AvgIpc) is 2.98. The number of hydrogen-bond acceptors (Lipinski definition) is 6. The molecule has 0 aromatic heterocycles. The first kappa shape index (κ1) is 27.2. The summed E-state index contributed by atoms with van der Waals surface area (Å²) in [6.45, 7) is 10.5. The minimum absolute atomic E-state index is 0.0529. The van der Waals surface area contributed by atoms with Gasteiger partial charge in [-0.2, -0.15) is 10.5 Å². The van der Waals surface area contributed by atoms with Gasteiger partial charge in [0.25, 0.3) is 5.91 Å². The first-order valence-corrected chi connectivity index (χ1v) is 13.7. The van der Waals surface area contributed by atoms with Crippen LogP contribution in [0.15, 0.2) is 54.6 Å². The molecule has 0 saturated carbocycles. The lowest BCUT2D eigenvalue weighted by Gasteiger charge is -2.37. The molecular formula is C32H33FN6O. The molecule has 0 spiro atoms. The maximum absolute atomic E-state index is 13.6. The predicted octanol–water partition coefficient (Wildman–Crippen LogP) is 4.47. The van der Waals surface area contributed by atoms with E-state index >= 15 is 0 Å². The van der Waals surface area contributed by atoms with E-state index in [1.807, 2.05) is 36.1 Å². The largest absolute Gasteiger partial charge is 0.368 e. The molecule has 0 atom stereocenters. The van der Waals surface area contributed by atoms with Crippen LogP contribution < -0.4 is 9.80 Å². The normalized spacial score (nSPS) is 16.0. The maximum atomic E-state index is 13.6. The molecule has 8 heteroatoms. The fourth-order valence-corrected chi connectivity index (χ4v) is 5.72. The summed E-state index contributed by atoms with van der Waals surface area (Å²) in [5.41, 5.74) is 6.76. The minimum Gasteiger partial charge on any atom is -0.368 e. The van der Waals surface area contributed by atoms with Crippen molar-refractivity contribution in [3.63, 3.8) is 0 Å². The van der Waals surface area contributed by atoms with E-state index in [1.165, 1.54) is 17.7 Å². The molecule has 0 bridgehead atoms. The zero-order valence-electron chi connectivity index (χ0n) is 23.0. The number of amides is 1. The molecule has 0 N–H and O–H groups in total. The SMILES string of the molecule is Cc1cc(C)c(C(=O)N2CCN(c3ccccc3C#N)CC2)cc1CN1CCN(c2ccc(F)cc2C#N)CC1. The summed E-state index contributed by atoms with van der Waals surface area (Å²) in [6, 6.07) is 20.5. The fraction of sp³-hybridized carbons (Fsp3) is 0.344. The Labute approximate surface area is 235 Å². The number of piperazine rings is 2. The van der Waals surface area contributed by atoms with Gasteiger partial charge in [0.1, 0.15) is 18.0 Å². The highest BCUT2D eigenvalue weighted by Gasteiger charge is 2.26. The van der Waals surface area contributed by atoms with E-state index in [1.54, 1.807) is 6.07 Å². The Bertz CT molecular complexity index is 1490. The Kier molecular flexibility index (Phi) is 8.00. The van der Waals surface area contributed by atoms with Crippen LogP contribution in [0.3, 0.4) is 0 Å². The third-order valence-corrected chi connectivity index (χ3v) is 8.03. The Morgan fingerprint density at radius 2 is 1.40 bits per heavy atom. The summed E-state index contributed by atoms with van der Waals surface area (Å²) < 4.78 is 13.6. The standard InChI is InChI=1S/C32H33FN6O/c1-23-17-24(2)29(32(40)39-15-13-38(14-16-39)30-6-4-3-5-25(30)20-34)19-27(23)22-36-9-11-37(12-10-36)31-8-7-28(33)18-26(31)21-35/h3-8,17-19H,9-16,22H2,1-2H3. The monoisotopic (exact) mass is 536 g/mol. The van der Waals surface area contributed by atoms with Gasteiger partial charge >= 0.3 is 0 Å². The number of para-hydroxylation sites is 1. The van der Waals surface area contributed by atoms with Crippen molar-refractivity contribution in [2.75, 3.05) is 62.2 Å². The lowest BCUT2D eigenvalue weighted by molar-refractivity contribution is 0.0746. The molecule has 2 aliphatic rings. The van der Waals surface area contributed by atoms with Gasteiger partial charge in [-0.3, -0.25) is 9.69 Å². The second-order valence-electron chi connectivity index (χ2n) is 10.5. The molecule has 5 rings (SSSR count). The molecular weight excluding hydrogens is 503 g/mol. The van der Waals surface area contributed by atoms with Gasteiger partial charge < -0.3 is 14.7 Å². The van der Waals surface area contributed by atoms with Crippen LogP contribution in [-0.2, 0) is 6.54 Å². The first-order chi connectivity index (χ1) is 19.4. The van der Waals surface area contributed by atoms with E-state index in [0.717, 1.165) is 60.8 Å². The Balaban J connectivity index is 1.23. The number of anilines is 2. The molecule has 2 saturated heterocycles. The van der Waals surface area contributed by atoms with Gasteiger partial charge in [0.15, 0.2) is 0 Å². The van der Waals surface area contributed by atoms with Crippen LogP contribution in [0.5, 0.6) is 0 Å². The van der Waals surface area contributed by atoms with Gasteiger partial charge in [-0.15, -0.1) is 0 Å². The Morgan fingerprint density at radius 3 is 2.08 bits per heavy atom. The number of carbonyl (C=O) groups excluding carboxylic acids is 1. The van der Waals surface area contributed by atoms with Gasteiger partial charge in [-0.05, 0) is 66.9 Å². The van der Waals surface area contributed by atoms with Gasteiger partial charge in [-0.1, -0.05) is 18.2 Å². The van der Waals surface area contributed by atoms with E-state index in [0.29, 0.717) is 37.3 Å². The number of aryl methyl sites for hydroxylation is 2. The van der Waals surface area contributed by atoms with Crippen LogP contribution in [-0.4, -0.2) is 68.1 Å². The molecule has 3 aromatic rings. The van der Waals surface area contributed by atoms with E-state index in [4.69, 9.17) is 0 Å². The number of nitrogens with zero attached hydrogens (tertiary/aromatic N) is 6. The second kappa shape index (κ2) is 11.8. The zero-order valence-corrected chi connectivity index (χ0v) is 23.0. The highest BCUT2D eigenvalue weighted by Crippen LogP contribution is 2.26. The summed E-state index contributed by atoms with van der Waals surface area (Å²) >= 11 is 0. The summed E-state index contributed by atoms with van der Waals surface area (Å²) in [5.74, 6) is -0.345. The summed E-state index contributed by atoms with van der Waals surface area (Å²) in [6.07, 6.45) is 0. The molecule has 204 valence electrons. The molecule has 3 aromatic carbocycles. The van der Waals surface area contributed by atoms with Crippen LogP contribution in [0, 0.1) is 42.3 Å². The predicted molar refractivity (Wildman–Crippen MR) is 154 cm³/mol. The Morgan fingerprint density at radius 1 is 0.775 bits per heavy atom. The molecule has 1 amide bonds. The van der Waals surface area contributed by atoms with Crippen LogP contribution in [0.2, 0.25) is 0 Å². The molecule has 0 unspecified atom stereocenters. The van der Waals surface area contributed by atoms with E-state index < -0.39 is 5.82 Å². The zero-order chi connectivity index (χ0) is 28.2. The number of nitriles is 2. The second-order valence-corrected chi connectivity index (χ2v) is 10.5. The van der Waals surface area contributed by atoms with Crippen molar-refractivity contribution in [2.45, 2.75) is 20.4 Å². The molecule has 0 radical (unpaired) electrons. The molecule has 2 heterocycles. The molecule has 2 fully saturated rings. The lowest BCUT2D eigenvalue weighted by atomic mass is 9.98. The quantitative estimate of drug-likeness (QED) is 0.479. The molecule has 7 nitrogen and oxygen atoms in total. The topological polar surface area (TPSA) is 77.6 Å². The smallest absolute Gasteiger partial charge is 0.254 e. The van der Waals surface area contributed by atoms with Crippen LogP contribution in [0.25, 0.3) is 0 Å². The first-order valence-electron chi connectivity index (χ1n) is 13.7. The van der Waals surface area contributed by atoms with Gasteiger partial charge in [0.05, 0.1) is 22.5 Å². The number of hydrogen-bond donors (Lipinski definition) is 0. The molecule has 2 aliphatic heterocycles. The van der Waals surface area contributed by atoms with Crippen molar-refractivity contribution in [1.82, 2.24) is 9.80 Å². The van der Waals surface area contributed by atoms with Crippen molar-refractivity contribution in [3.05, 3.63) is 93.8 Å². The molecule has 40 heavy (non-hydrogen) atoms. The number of halogens is 1. The average molecular weight is 537 g/mol. The number of benzene rings is 3. The van der Waals surface area contributed by atoms with E-state index in [-0.39, 0.29) is 5.91 Å². The maximum Gasteiger partial charge on any atom is 0.254 e. The van der Waals surface area contributed by atoms with E-state index in [2.05, 4.69) is 45.9 Å². The highest BCUT2D eigenvalue weighted by atomic mass is 19.1. The number of carbonyl (C=O) groups is 1. The van der Waals surface area contributed by atoms with E-state index in [9.17, 15) is 19.7 Å². The van der Waals surface area contributed by atoms with Crippen molar-refractivity contribution in [3.8, 4) is 12.1 Å². The van der Waals surface area contributed by atoms with Crippen molar-refractivity contribution in [2.24, 2.45) is 0 Å². The van der Waals surface area contributed by atoms with Gasteiger partial charge in [-0.25, -0.2) is 4.39 Å². The summed E-state index contributed by atoms with van der Waals surface area (Å²) in [5, 5.41) is 18.9. The number of rotatable bonds is 5. The third-order valence-electron chi connectivity index (χ3n) is 8.03. The third kappa shape index (κ3) is 5.64. The van der Waals surface area contributed by atoms with Crippen molar-refractivity contribution in [1.29, 1.82) is 10.5 Å². The van der Waals surface area contributed by atoms with Gasteiger partial charge in [0, 0.05) is 64.5 Å². The van der Waals surface area contributed by atoms with Crippen molar-refractivity contribution >= 4 is 17.3 Å². The lowest BCUT2D eigenvalue weighted by Crippen LogP contribution is -2.49. The van der Waals surface area contributed by atoms with Crippen molar-refractivity contribution < 1.29 is 9.18 Å². The van der Waals surface area contributed by atoms with Crippen LogP contribution in [0.1, 0.15) is 38.2 Å². The summed E-state index contributed by atoms with van der Waals surface area (Å²) in [7, 11) is 0.